The Labute approximate surface area is 228 Å². The molecule has 0 saturated heterocycles. The molecule has 0 aliphatic heterocycles. The summed E-state index contributed by atoms with van der Waals surface area (Å²) in [5, 5.41) is 43.4. The normalized spacial score (nSPS) is 13.6. The molecule has 0 heterocycles. The Hall–Kier alpha value is -4.98. The fourth-order valence-electron chi connectivity index (χ4n) is 3.62. The van der Waals surface area contributed by atoms with Crippen LogP contribution in [0.15, 0.2) is 54.6 Å². The predicted octanol–water partition coefficient (Wildman–Crippen LogP) is -1.01. The molecule has 0 aliphatic carbocycles. The van der Waals surface area contributed by atoms with Crippen LogP contribution >= 0.6 is 0 Å². The summed E-state index contributed by atoms with van der Waals surface area (Å²) in [5.74, 6) is -7.60. The Morgan fingerprint density at radius 1 is 0.625 bits per heavy atom. The van der Waals surface area contributed by atoms with Gasteiger partial charge in [-0.25, -0.2) is 4.79 Å². The molecule has 4 unspecified atom stereocenters. The van der Waals surface area contributed by atoms with E-state index in [1.807, 2.05) is 5.32 Å². The first-order valence-electron chi connectivity index (χ1n) is 12.0. The third kappa shape index (κ3) is 10.4. The quantitative estimate of drug-likeness (QED) is 0.132. The third-order valence-electron chi connectivity index (χ3n) is 5.65. The van der Waals surface area contributed by atoms with Gasteiger partial charge in [0, 0.05) is 6.42 Å². The van der Waals surface area contributed by atoms with Crippen LogP contribution in [0, 0.1) is 0 Å². The first-order chi connectivity index (χ1) is 18.8. The van der Waals surface area contributed by atoms with Gasteiger partial charge in [0.15, 0.2) is 0 Å². The minimum Gasteiger partial charge on any atom is -0.508 e. The number of aromatic hydroxyl groups is 1. The maximum Gasteiger partial charge on any atom is 0.326 e. The first-order valence-corrected chi connectivity index (χ1v) is 12.0. The van der Waals surface area contributed by atoms with Crippen molar-refractivity contribution in [3.63, 3.8) is 0 Å². The van der Waals surface area contributed by atoms with Crippen LogP contribution in [0.3, 0.4) is 0 Å². The number of carboxylic acids is 3. The van der Waals surface area contributed by atoms with Crippen LogP contribution in [0.4, 0.5) is 0 Å². The molecule has 0 bridgehead atoms. The second kappa shape index (κ2) is 14.8. The number of nitrogens with two attached hydrogens (primary N) is 1. The number of amides is 3. The summed E-state index contributed by atoms with van der Waals surface area (Å²) >= 11 is 0. The molecule has 14 nitrogen and oxygen atoms in total. The molecule has 40 heavy (non-hydrogen) atoms. The lowest BCUT2D eigenvalue weighted by molar-refractivity contribution is -0.148. The average molecular weight is 559 g/mol. The number of aliphatic carboxylic acids is 3. The number of nitrogens with one attached hydrogen (secondary N) is 3. The number of benzene rings is 2. The minimum absolute atomic E-state index is 0.0268. The maximum absolute atomic E-state index is 13.2. The van der Waals surface area contributed by atoms with E-state index in [0.29, 0.717) is 11.1 Å². The van der Waals surface area contributed by atoms with E-state index in [2.05, 4.69) is 10.6 Å². The number of carbonyl (C=O) groups is 6. The van der Waals surface area contributed by atoms with Crippen molar-refractivity contribution < 1.29 is 49.2 Å². The van der Waals surface area contributed by atoms with Crippen molar-refractivity contribution in [1.82, 2.24) is 16.0 Å². The number of phenols is 1. The summed E-state index contributed by atoms with van der Waals surface area (Å²) in [6.45, 7) is 0. The molecular formula is C26H30N4O10. The Bertz CT molecular complexity index is 1220. The number of hydrogen-bond donors (Lipinski definition) is 8. The van der Waals surface area contributed by atoms with Gasteiger partial charge in [0.1, 0.15) is 23.9 Å². The van der Waals surface area contributed by atoms with Crippen molar-refractivity contribution in [2.75, 3.05) is 0 Å². The SMILES string of the molecule is NC(Cc1ccc(O)cc1)C(=O)NC(Cc1ccccc1)C(=O)NC(CC(=O)O)C(=O)NC(CC(=O)O)C(=O)O. The molecule has 0 saturated carbocycles. The first kappa shape index (κ1) is 31.2. The van der Waals surface area contributed by atoms with E-state index in [0.717, 1.165) is 0 Å². The number of carboxylic acid groups (broad SMARTS) is 3. The van der Waals surface area contributed by atoms with Gasteiger partial charge in [-0.2, -0.15) is 0 Å². The summed E-state index contributed by atoms with van der Waals surface area (Å²) in [6, 6.07) is 8.35. The van der Waals surface area contributed by atoms with Crippen molar-refractivity contribution in [3.05, 3.63) is 65.7 Å². The van der Waals surface area contributed by atoms with Gasteiger partial charge in [0.25, 0.3) is 0 Å². The number of phenolic OH excluding ortho intramolecular Hbond substituents is 1. The maximum atomic E-state index is 13.2. The summed E-state index contributed by atoms with van der Waals surface area (Å²) in [6.07, 6.45) is -1.94. The lowest BCUT2D eigenvalue weighted by Crippen LogP contribution is -2.58. The zero-order valence-corrected chi connectivity index (χ0v) is 21.1. The molecule has 9 N–H and O–H groups in total. The zero-order valence-electron chi connectivity index (χ0n) is 21.1. The Morgan fingerprint density at radius 3 is 1.65 bits per heavy atom. The van der Waals surface area contributed by atoms with Gasteiger partial charge in [-0.15, -0.1) is 0 Å². The Balaban J connectivity index is 2.22. The number of carbonyl (C=O) groups excluding carboxylic acids is 3. The molecule has 2 rings (SSSR count). The summed E-state index contributed by atoms with van der Waals surface area (Å²) in [4.78, 5) is 72.4. The van der Waals surface area contributed by atoms with Crippen molar-refractivity contribution in [3.8, 4) is 5.75 Å². The lowest BCUT2D eigenvalue weighted by Gasteiger charge is -2.24. The topological polar surface area (TPSA) is 245 Å². The smallest absolute Gasteiger partial charge is 0.326 e. The van der Waals surface area contributed by atoms with Gasteiger partial charge in [-0.3, -0.25) is 24.0 Å². The van der Waals surface area contributed by atoms with Gasteiger partial charge in [0.05, 0.1) is 18.9 Å². The van der Waals surface area contributed by atoms with Crippen LogP contribution in [0.25, 0.3) is 0 Å². The molecule has 0 aliphatic rings. The van der Waals surface area contributed by atoms with Gasteiger partial charge in [-0.1, -0.05) is 42.5 Å². The van der Waals surface area contributed by atoms with Crippen molar-refractivity contribution in [2.45, 2.75) is 49.9 Å². The zero-order chi connectivity index (χ0) is 29.8. The highest BCUT2D eigenvalue weighted by Gasteiger charge is 2.32. The summed E-state index contributed by atoms with van der Waals surface area (Å²) in [7, 11) is 0. The van der Waals surface area contributed by atoms with E-state index in [9.17, 15) is 44.1 Å². The lowest BCUT2D eigenvalue weighted by atomic mass is 10.0. The molecule has 3 amide bonds. The van der Waals surface area contributed by atoms with Crippen LogP contribution in [0.2, 0.25) is 0 Å². The van der Waals surface area contributed by atoms with E-state index in [-0.39, 0.29) is 18.6 Å². The molecule has 0 radical (unpaired) electrons. The fourth-order valence-corrected chi connectivity index (χ4v) is 3.62. The van der Waals surface area contributed by atoms with Crippen LogP contribution in [0.5, 0.6) is 5.75 Å². The van der Waals surface area contributed by atoms with Crippen molar-refractivity contribution >= 4 is 35.6 Å². The number of rotatable bonds is 15. The largest absolute Gasteiger partial charge is 0.508 e. The van der Waals surface area contributed by atoms with E-state index in [1.165, 1.54) is 12.1 Å². The van der Waals surface area contributed by atoms with Gasteiger partial charge >= 0.3 is 17.9 Å². The van der Waals surface area contributed by atoms with Gasteiger partial charge < -0.3 is 42.1 Å². The number of hydrogen-bond acceptors (Lipinski definition) is 8. The molecular weight excluding hydrogens is 528 g/mol. The average Bonchev–Trinajstić information content (AvgIpc) is 2.88. The Morgan fingerprint density at radius 2 is 1.10 bits per heavy atom. The monoisotopic (exact) mass is 558 g/mol. The third-order valence-corrected chi connectivity index (χ3v) is 5.65. The molecule has 214 valence electrons. The minimum atomic E-state index is -1.88. The van der Waals surface area contributed by atoms with E-state index in [1.54, 1.807) is 42.5 Å². The van der Waals surface area contributed by atoms with Gasteiger partial charge in [-0.05, 0) is 29.7 Å². The van der Waals surface area contributed by atoms with Crippen molar-refractivity contribution in [2.24, 2.45) is 5.73 Å². The van der Waals surface area contributed by atoms with Crippen LogP contribution < -0.4 is 21.7 Å². The van der Waals surface area contributed by atoms with Crippen LogP contribution in [-0.2, 0) is 41.6 Å². The molecule has 2 aromatic rings. The van der Waals surface area contributed by atoms with E-state index in [4.69, 9.17) is 10.8 Å². The predicted molar refractivity (Wildman–Crippen MR) is 138 cm³/mol. The van der Waals surface area contributed by atoms with Crippen LogP contribution in [0.1, 0.15) is 24.0 Å². The molecule has 0 spiro atoms. The van der Waals surface area contributed by atoms with Crippen LogP contribution in [-0.4, -0.2) is 80.2 Å². The van der Waals surface area contributed by atoms with Crippen molar-refractivity contribution in [1.29, 1.82) is 0 Å². The molecule has 0 fully saturated rings. The molecule has 2 aromatic carbocycles. The fraction of sp³-hybridized carbons (Fsp3) is 0.308. The van der Waals surface area contributed by atoms with Gasteiger partial charge in [0.2, 0.25) is 17.7 Å². The highest BCUT2D eigenvalue weighted by Crippen LogP contribution is 2.11. The Kier molecular flexibility index (Phi) is 11.6. The molecule has 4 atom stereocenters. The van der Waals surface area contributed by atoms with E-state index >= 15 is 0 Å². The standard InChI is InChI=1S/C26H30N4O10/c27-17(10-15-6-8-16(31)9-7-15)23(36)28-18(11-14-4-2-1-3-5-14)24(37)29-19(12-21(32)33)25(38)30-20(26(39)40)13-22(34)35/h1-9,17-20,31H,10-13,27H2,(H,28,36)(H,29,37)(H,30,38)(H,32,33)(H,34,35)(H,39,40). The second-order valence-electron chi connectivity index (χ2n) is 8.88. The summed E-state index contributed by atoms with van der Waals surface area (Å²) < 4.78 is 0. The highest BCUT2D eigenvalue weighted by atomic mass is 16.4. The highest BCUT2D eigenvalue weighted by molar-refractivity contribution is 5.96. The summed E-state index contributed by atoms with van der Waals surface area (Å²) in [5.41, 5.74) is 7.26. The van der Waals surface area contributed by atoms with E-state index < -0.39 is 72.6 Å². The molecule has 0 aromatic heterocycles. The molecule has 14 heteroatoms. The second-order valence-corrected chi connectivity index (χ2v) is 8.88.